The van der Waals surface area contributed by atoms with Gasteiger partial charge in [0.1, 0.15) is 34.9 Å². The zero-order valence-electron chi connectivity index (χ0n) is 18.0. The molecule has 1 aliphatic heterocycles. The monoisotopic (exact) mass is 512 g/mol. The van der Waals surface area contributed by atoms with Crippen molar-refractivity contribution in [3.63, 3.8) is 0 Å². The van der Waals surface area contributed by atoms with Crippen molar-refractivity contribution in [1.82, 2.24) is 0 Å². The summed E-state index contributed by atoms with van der Waals surface area (Å²) in [6.45, 7) is 0.422. The van der Waals surface area contributed by atoms with Crippen molar-refractivity contribution < 1.29 is 28.1 Å². The quantitative estimate of drug-likeness (QED) is 0.353. The molecule has 1 heterocycles. The molecule has 3 aromatic carbocycles. The van der Waals surface area contributed by atoms with Crippen molar-refractivity contribution in [2.45, 2.75) is 31.3 Å². The molecule has 5 nitrogen and oxygen atoms in total. The number of carbonyl (C=O) groups is 1. The van der Waals surface area contributed by atoms with Crippen LogP contribution in [0.4, 0.5) is 4.39 Å². The smallest absolute Gasteiger partial charge is 0.306 e. The summed E-state index contributed by atoms with van der Waals surface area (Å²) in [5.74, 6) is 2.01. The number of hydrogen-bond donors (Lipinski definition) is 0. The van der Waals surface area contributed by atoms with E-state index in [0.717, 1.165) is 15.6 Å². The van der Waals surface area contributed by atoms with E-state index >= 15 is 0 Å². The van der Waals surface area contributed by atoms with Gasteiger partial charge in [0.15, 0.2) is 0 Å². The minimum absolute atomic E-state index is 0.0375. The van der Waals surface area contributed by atoms with Crippen LogP contribution in [-0.2, 0) is 16.0 Å². The molecule has 0 radical (unpaired) electrons. The summed E-state index contributed by atoms with van der Waals surface area (Å²) in [5, 5.41) is 0. The molecule has 0 aromatic heterocycles. The zero-order valence-corrected chi connectivity index (χ0v) is 19.6. The van der Waals surface area contributed by atoms with E-state index in [1.165, 1.54) is 13.2 Å². The number of fused-ring (bicyclic) bond motifs is 2. The molecule has 2 aliphatic rings. The van der Waals surface area contributed by atoms with Crippen LogP contribution in [-0.4, -0.2) is 19.7 Å². The van der Waals surface area contributed by atoms with Crippen LogP contribution in [0.1, 0.15) is 41.6 Å². The predicted molar refractivity (Wildman–Crippen MR) is 124 cm³/mol. The first-order valence-electron chi connectivity index (χ1n) is 10.8. The third kappa shape index (κ3) is 4.42. The van der Waals surface area contributed by atoms with E-state index < -0.39 is 6.10 Å². The van der Waals surface area contributed by atoms with Gasteiger partial charge in [0.25, 0.3) is 0 Å². The number of methoxy groups -OCH3 is 1. The molecule has 7 heteroatoms. The van der Waals surface area contributed by atoms with E-state index in [1.54, 1.807) is 6.07 Å². The molecule has 0 N–H and O–H groups in total. The van der Waals surface area contributed by atoms with E-state index in [9.17, 15) is 9.18 Å². The van der Waals surface area contributed by atoms with E-state index in [0.29, 0.717) is 48.0 Å². The van der Waals surface area contributed by atoms with Gasteiger partial charge in [-0.15, -0.1) is 0 Å². The molecule has 5 rings (SSSR count). The Kier molecular flexibility index (Phi) is 5.98. The van der Waals surface area contributed by atoms with E-state index in [2.05, 4.69) is 15.9 Å². The largest absolute Gasteiger partial charge is 0.492 e. The van der Waals surface area contributed by atoms with Crippen molar-refractivity contribution in [2.24, 2.45) is 0 Å². The summed E-state index contributed by atoms with van der Waals surface area (Å²) >= 11 is 3.41. The number of halogens is 2. The second-order valence-electron chi connectivity index (χ2n) is 8.13. The second-order valence-corrected chi connectivity index (χ2v) is 9.04. The first-order valence-corrected chi connectivity index (χ1v) is 11.6. The lowest BCUT2D eigenvalue weighted by molar-refractivity contribution is -0.141. The van der Waals surface area contributed by atoms with Crippen LogP contribution in [0.2, 0.25) is 0 Å². The Balaban J connectivity index is 1.35. The molecular weight excluding hydrogens is 491 g/mol. The van der Waals surface area contributed by atoms with Gasteiger partial charge >= 0.3 is 5.97 Å². The van der Waals surface area contributed by atoms with Crippen LogP contribution >= 0.6 is 15.9 Å². The first-order chi connectivity index (χ1) is 16.0. The molecule has 1 aliphatic carbocycles. The van der Waals surface area contributed by atoms with Gasteiger partial charge in [-0.25, -0.2) is 4.39 Å². The number of benzene rings is 3. The highest BCUT2D eigenvalue weighted by Gasteiger charge is 2.32. The van der Waals surface area contributed by atoms with E-state index in [4.69, 9.17) is 18.9 Å². The number of rotatable bonds is 6. The zero-order chi connectivity index (χ0) is 22.9. The predicted octanol–water partition coefficient (Wildman–Crippen LogP) is 6.49. The molecule has 0 fully saturated rings. The third-order valence-corrected chi connectivity index (χ3v) is 6.59. The Morgan fingerprint density at radius 3 is 2.70 bits per heavy atom. The van der Waals surface area contributed by atoms with Crippen LogP contribution in [0.15, 0.2) is 59.1 Å². The SMILES string of the molecule is COC(=O)C[C@@H]1COc2cc(O[C@@H]3CCc4c(Oc5ccc(Br)cc5)ccc(F)c43)ccc21. The van der Waals surface area contributed by atoms with Gasteiger partial charge in [-0.2, -0.15) is 0 Å². The fraction of sp³-hybridized carbons (Fsp3) is 0.269. The highest BCUT2D eigenvalue weighted by molar-refractivity contribution is 9.10. The Morgan fingerprint density at radius 2 is 1.91 bits per heavy atom. The number of esters is 1. The maximum Gasteiger partial charge on any atom is 0.306 e. The van der Waals surface area contributed by atoms with Gasteiger partial charge in [0.2, 0.25) is 0 Å². The minimum atomic E-state index is -0.418. The second kappa shape index (κ2) is 9.06. The Labute approximate surface area is 199 Å². The fourth-order valence-electron chi connectivity index (χ4n) is 4.43. The standard InChI is InChI=1S/C26H22BrFO5/c1-30-25(29)12-15-14-31-24-13-18(6-7-19(15)24)33-23-10-8-20-22(11-9-21(28)26(20)23)32-17-4-2-16(27)3-5-17/h2-7,9,11,13,15,23H,8,10,12,14H2,1H3/t15-,23-/m1/s1. The number of ether oxygens (including phenoxy) is 4. The van der Waals surface area contributed by atoms with Crippen molar-refractivity contribution in [2.75, 3.05) is 13.7 Å². The molecule has 3 aromatic rings. The molecule has 2 atom stereocenters. The molecule has 0 spiro atoms. The van der Waals surface area contributed by atoms with Gasteiger partial charge < -0.3 is 18.9 Å². The first kappa shape index (κ1) is 21.8. The van der Waals surface area contributed by atoms with Crippen LogP contribution < -0.4 is 14.2 Å². The van der Waals surface area contributed by atoms with E-state index in [-0.39, 0.29) is 24.1 Å². The summed E-state index contributed by atoms with van der Waals surface area (Å²) in [5.41, 5.74) is 2.32. The molecule has 0 amide bonds. The van der Waals surface area contributed by atoms with Crippen LogP contribution in [0, 0.1) is 5.82 Å². The van der Waals surface area contributed by atoms with E-state index in [1.807, 2.05) is 42.5 Å². The highest BCUT2D eigenvalue weighted by atomic mass is 79.9. The summed E-state index contributed by atoms with van der Waals surface area (Å²) < 4.78 is 38.6. The van der Waals surface area contributed by atoms with Gasteiger partial charge in [-0.1, -0.05) is 22.0 Å². The minimum Gasteiger partial charge on any atom is -0.492 e. The van der Waals surface area contributed by atoms with Gasteiger partial charge in [0.05, 0.1) is 20.1 Å². The maximum atomic E-state index is 14.8. The average Bonchev–Trinajstić information content (AvgIpc) is 3.42. The Hall–Kier alpha value is -3.06. The third-order valence-electron chi connectivity index (χ3n) is 6.06. The van der Waals surface area contributed by atoms with Crippen LogP contribution in [0.25, 0.3) is 0 Å². The lowest BCUT2D eigenvalue weighted by Crippen LogP contribution is -2.09. The summed E-state index contributed by atoms with van der Waals surface area (Å²) in [7, 11) is 1.38. The summed E-state index contributed by atoms with van der Waals surface area (Å²) in [6, 6.07) is 16.2. The lowest BCUT2D eigenvalue weighted by Gasteiger charge is -2.17. The molecule has 170 valence electrons. The van der Waals surface area contributed by atoms with Crippen molar-refractivity contribution >= 4 is 21.9 Å². The molecule has 33 heavy (non-hydrogen) atoms. The number of carbonyl (C=O) groups excluding carboxylic acids is 1. The molecule has 0 bridgehead atoms. The fourth-order valence-corrected chi connectivity index (χ4v) is 4.70. The van der Waals surface area contributed by atoms with Crippen LogP contribution in [0.5, 0.6) is 23.0 Å². The lowest BCUT2D eigenvalue weighted by atomic mass is 9.98. The normalized spacial score (nSPS) is 18.3. The average molecular weight is 513 g/mol. The molecular formula is C26H22BrFO5. The highest BCUT2D eigenvalue weighted by Crippen LogP contribution is 2.44. The van der Waals surface area contributed by atoms with Crippen molar-refractivity contribution in [3.8, 4) is 23.0 Å². The maximum absolute atomic E-state index is 14.8. The Morgan fingerprint density at radius 1 is 1.12 bits per heavy atom. The number of hydrogen-bond acceptors (Lipinski definition) is 5. The van der Waals surface area contributed by atoms with Crippen LogP contribution in [0.3, 0.4) is 0 Å². The van der Waals surface area contributed by atoms with Gasteiger partial charge in [-0.3, -0.25) is 4.79 Å². The molecule has 0 saturated heterocycles. The topological polar surface area (TPSA) is 54.0 Å². The summed E-state index contributed by atoms with van der Waals surface area (Å²) in [4.78, 5) is 11.6. The molecule has 0 unspecified atom stereocenters. The van der Waals surface area contributed by atoms with Crippen molar-refractivity contribution in [3.05, 3.63) is 81.6 Å². The molecule has 0 saturated carbocycles. The van der Waals surface area contributed by atoms with Crippen molar-refractivity contribution in [1.29, 1.82) is 0 Å². The Bertz CT molecular complexity index is 1190. The van der Waals surface area contributed by atoms with Gasteiger partial charge in [-0.05, 0) is 55.3 Å². The summed E-state index contributed by atoms with van der Waals surface area (Å²) in [6.07, 6.45) is 1.16. The van der Waals surface area contributed by atoms with Gasteiger partial charge in [0, 0.05) is 33.1 Å².